The highest BCUT2D eigenvalue weighted by Gasteiger charge is 2.05. The van der Waals surface area contributed by atoms with E-state index in [-0.39, 0.29) is 0 Å². The number of hydrogen-bond donors (Lipinski definition) is 1. The predicted molar refractivity (Wildman–Crippen MR) is 58.9 cm³/mol. The van der Waals surface area contributed by atoms with Crippen LogP contribution in [0.25, 0.3) is 0 Å². The van der Waals surface area contributed by atoms with Crippen molar-refractivity contribution in [1.82, 2.24) is 9.80 Å². The highest BCUT2D eigenvalue weighted by molar-refractivity contribution is 4.65. The van der Waals surface area contributed by atoms with Gasteiger partial charge in [0.25, 0.3) is 0 Å². The molecule has 0 aliphatic rings. The third-order valence-electron chi connectivity index (χ3n) is 2.13. The van der Waals surface area contributed by atoms with Gasteiger partial charge >= 0.3 is 0 Å². The van der Waals surface area contributed by atoms with E-state index in [1.54, 1.807) is 0 Å². The number of hydrogen-bond acceptors (Lipinski definition) is 3. The average molecular weight is 187 g/mol. The summed E-state index contributed by atoms with van der Waals surface area (Å²) in [5, 5.41) is 0. The number of likely N-dealkylation sites (N-methyl/N-ethyl adjacent to an activating group) is 2. The van der Waals surface area contributed by atoms with Crippen molar-refractivity contribution in [2.45, 2.75) is 25.8 Å². The van der Waals surface area contributed by atoms with Gasteiger partial charge in [0.15, 0.2) is 0 Å². The van der Waals surface area contributed by atoms with Gasteiger partial charge < -0.3 is 15.5 Å². The van der Waals surface area contributed by atoms with Crippen molar-refractivity contribution in [3.8, 4) is 0 Å². The van der Waals surface area contributed by atoms with Crippen LogP contribution in [0.4, 0.5) is 0 Å². The highest BCUT2D eigenvalue weighted by atomic mass is 15.2. The molecule has 0 heterocycles. The second kappa shape index (κ2) is 7.30. The Bertz CT molecular complexity index is 115. The lowest BCUT2D eigenvalue weighted by atomic mass is 10.2. The molecule has 1 unspecified atom stereocenters. The molecule has 3 heteroatoms. The van der Waals surface area contributed by atoms with Crippen molar-refractivity contribution < 1.29 is 0 Å². The number of nitrogens with two attached hydrogens (primary N) is 1. The second-order valence-electron chi connectivity index (χ2n) is 4.11. The van der Waals surface area contributed by atoms with Crippen LogP contribution < -0.4 is 5.73 Å². The normalized spacial score (nSPS) is 14.1. The van der Waals surface area contributed by atoms with Crippen molar-refractivity contribution in [2.75, 3.05) is 40.8 Å². The molecule has 13 heavy (non-hydrogen) atoms. The molecule has 0 amide bonds. The van der Waals surface area contributed by atoms with Gasteiger partial charge in [0.05, 0.1) is 0 Å². The molecule has 1 atom stereocenters. The molecule has 0 aromatic rings. The van der Waals surface area contributed by atoms with Gasteiger partial charge in [0, 0.05) is 25.7 Å². The van der Waals surface area contributed by atoms with Crippen LogP contribution >= 0.6 is 0 Å². The van der Waals surface area contributed by atoms with E-state index in [2.05, 4.69) is 37.9 Å². The zero-order valence-corrected chi connectivity index (χ0v) is 9.58. The first-order valence-electron chi connectivity index (χ1n) is 5.15. The zero-order chi connectivity index (χ0) is 10.3. The SMILES string of the molecule is CCCC(N)CN(C)CCN(C)C. The van der Waals surface area contributed by atoms with E-state index in [4.69, 9.17) is 5.73 Å². The van der Waals surface area contributed by atoms with Crippen LogP contribution in [0.5, 0.6) is 0 Å². The Balaban J connectivity index is 3.43. The van der Waals surface area contributed by atoms with E-state index in [0.29, 0.717) is 6.04 Å². The Morgan fingerprint density at radius 1 is 1.15 bits per heavy atom. The van der Waals surface area contributed by atoms with Crippen LogP contribution in [0.2, 0.25) is 0 Å². The molecule has 0 aliphatic heterocycles. The quantitative estimate of drug-likeness (QED) is 0.634. The fraction of sp³-hybridized carbons (Fsp3) is 1.00. The summed E-state index contributed by atoms with van der Waals surface area (Å²) in [6.45, 7) is 5.40. The van der Waals surface area contributed by atoms with Gasteiger partial charge in [0.1, 0.15) is 0 Å². The first-order valence-corrected chi connectivity index (χ1v) is 5.15. The lowest BCUT2D eigenvalue weighted by Crippen LogP contribution is -2.38. The van der Waals surface area contributed by atoms with Crippen LogP contribution in [0, 0.1) is 0 Å². The van der Waals surface area contributed by atoms with E-state index in [0.717, 1.165) is 26.1 Å². The van der Waals surface area contributed by atoms with Gasteiger partial charge in [-0.15, -0.1) is 0 Å². The lowest BCUT2D eigenvalue weighted by molar-refractivity contribution is 0.265. The molecular weight excluding hydrogens is 162 g/mol. The summed E-state index contributed by atoms with van der Waals surface area (Å²) in [6, 6.07) is 0.345. The molecule has 3 nitrogen and oxygen atoms in total. The number of rotatable bonds is 7. The molecular formula is C10H25N3. The molecule has 0 aromatic carbocycles. The summed E-state index contributed by atoms with van der Waals surface area (Å²) in [5.74, 6) is 0. The van der Waals surface area contributed by atoms with Crippen LogP contribution in [-0.4, -0.2) is 56.6 Å². The Kier molecular flexibility index (Phi) is 7.23. The third kappa shape index (κ3) is 8.22. The fourth-order valence-electron chi connectivity index (χ4n) is 1.32. The van der Waals surface area contributed by atoms with Crippen molar-refractivity contribution in [1.29, 1.82) is 0 Å². The first kappa shape index (κ1) is 12.9. The van der Waals surface area contributed by atoms with E-state index in [1.165, 1.54) is 6.42 Å². The molecule has 0 radical (unpaired) electrons. The standard InChI is InChI=1S/C10H25N3/c1-5-6-10(11)9-13(4)8-7-12(2)3/h10H,5-9,11H2,1-4H3. The predicted octanol–water partition coefficient (Wildman–Crippen LogP) is 0.607. The van der Waals surface area contributed by atoms with Gasteiger partial charge in [0.2, 0.25) is 0 Å². The van der Waals surface area contributed by atoms with Crippen LogP contribution in [0.15, 0.2) is 0 Å². The van der Waals surface area contributed by atoms with Gasteiger partial charge in [-0.1, -0.05) is 13.3 Å². The van der Waals surface area contributed by atoms with E-state index < -0.39 is 0 Å². The van der Waals surface area contributed by atoms with E-state index in [9.17, 15) is 0 Å². The summed E-state index contributed by atoms with van der Waals surface area (Å²) in [6.07, 6.45) is 2.31. The van der Waals surface area contributed by atoms with E-state index in [1.807, 2.05) is 0 Å². The lowest BCUT2D eigenvalue weighted by Gasteiger charge is -2.22. The molecule has 0 saturated heterocycles. The molecule has 0 bridgehead atoms. The molecule has 80 valence electrons. The van der Waals surface area contributed by atoms with Gasteiger partial charge in [-0.05, 0) is 27.6 Å². The van der Waals surface area contributed by atoms with Gasteiger partial charge in [-0.2, -0.15) is 0 Å². The average Bonchev–Trinajstić information content (AvgIpc) is 2.01. The second-order valence-corrected chi connectivity index (χ2v) is 4.11. The molecule has 0 saturated carbocycles. The minimum atomic E-state index is 0.345. The Hall–Kier alpha value is -0.120. The summed E-state index contributed by atoms with van der Waals surface area (Å²) < 4.78 is 0. The Labute approximate surface area is 82.9 Å². The van der Waals surface area contributed by atoms with Crippen molar-refractivity contribution in [2.24, 2.45) is 5.73 Å². The topological polar surface area (TPSA) is 32.5 Å². The maximum atomic E-state index is 5.94. The maximum Gasteiger partial charge on any atom is 0.0167 e. The molecule has 0 fully saturated rings. The summed E-state index contributed by atoms with van der Waals surface area (Å²) in [4.78, 5) is 4.50. The Morgan fingerprint density at radius 2 is 1.77 bits per heavy atom. The van der Waals surface area contributed by atoms with Gasteiger partial charge in [-0.25, -0.2) is 0 Å². The largest absolute Gasteiger partial charge is 0.327 e. The van der Waals surface area contributed by atoms with Crippen LogP contribution in [0.3, 0.4) is 0 Å². The van der Waals surface area contributed by atoms with Crippen molar-refractivity contribution in [3.05, 3.63) is 0 Å². The minimum absolute atomic E-state index is 0.345. The minimum Gasteiger partial charge on any atom is -0.327 e. The Morgan fingerprint density at radius 3 is 2.23 bits per heavy atom. The van der Waals surface area contributed by atoms with Crippen molar-refractivity contribution >= 4 is 0 Å². The first-order chi connectivity index (χ1) is 6.06. The van der Waals surface area contributed by atoms with Gasteiger partial charge in [-0.3, -0.25) is 0 Å². The maximum absolute atomic E-state index is 5.94. The highest BCUT2D eigenvalue weighted by Crippen LogP contribution is 1.95. The van der Waals surface area contributed by atoms with Crippen molar-refractivity contribution in [3.63, 3.8) is 0 Å². The molecule has 0 rings (SSSR count). The third-order valence-corrected chi connectivity index (χ3v) is 2.13. The summed E-state index contributed by atoms with van der Waals surface area (Å²) in [5.41, 5.74) is 5.94. The van der Waals surface area contributed by atoms with E-state index >= 15 is 0 Å². The monoisotopic (exact) mass is 187 g/mol. The molecule has 0 aliphatic carbocycles. The molecule has 0 spiro atoms. The fourth-order valence-corrected chi connectivity index (χ4v) is 1.32. The number of nitrogens with zero attached hydrogens (tertiary/aromatic N) is 2. The van der Waals surface area contributed by atoms with Crippen LogP contribution in [0.1, 0.15) is 19.8 Å². The van der Waals surface area contributed by atoms with Crippen LogP contribution in [-0.2, 0) is 0 Å². The molecule has 0 aromatic heterocycles. The summed E-state index contributed by atoms with van der Waals surface area (Å²) >= 11 is 0. The zero-order valence-electron chi connectivity index (χ0n) is 9.58. The summed E-state index contributed by atoms with van der Waals surface area (Å²) in [7, 11) is 6.33. The smallest absolute Gasteiger partial charge is 0.0167 e. The molecule has 2 N–H and O–H groups in total.